The third kappa shape index (κ3) is 1.54. The van der Waals surface area contributed by atoms with Crippen LogP contribution in [0.15, 0.2) is 18.2 Å². The molecule has 0 bridgehead atoms. The number of fused-ring (bicyclic) bond motifs is 1. The van der Waals surface area contributed by atoms with E-state index in [4.69, 9.17) is 11.6 Å². The van der Waals surface area contributed by atoms with Crippen LogP contribution >= 0.6 is 11.6 Å². The molecule has 0 aliphatic rings. The van der Waals surface area contributed by atoms with E-state index in [1.54, 1.807) is 6.92 Å². The molecule has 2 aromatic rings. The number of aryl methyl sites for hydroxylation is 2. The zero-order valence-corrected chi connectivity index (χ0v) is 9.84. The molecule has 0 fully saturated rings. The summed E-state index contributed by atoms with van der Waals surface area (Å²) in [5.74, 6) is 0. The minimum Gasteiger partial charge on any atom is -0.389 e. The lowest BCUT2D eigenvalue weighted by atomic mass is 10.1. The van der Waals surface area contributed by atoms with E-state index in [2.05, 4.69) is 6.07 Å². The number of aliphatic hydroxyl groups is 1. The van der Waals surface area contributed by atoms with Crippen LogP contribution in [0.1, 0.15) is 24.2 Å². The van der Waals surface area contributed by atoms with Gasteiger partial charge in [-0.1, -0.05) is 23.2 Å². The Morgan fingerprint density at radius 2 is 2.07 bits per heavy atom. The minimum absolute atomic E-state index is 0.539. The molecule has 0 amide bonds. The van der Waals surface area contributed by atoms with Gasteiger partial charge in [-0.3, -0.25) is 0 Å². The molecule has 80 valence electrons. The highest BCUT2D eigenvalue weighted by Crippen LogP contribution is 2.33. The Labute approximate surface area is 94.1 Å². The highest BCUT2D eigenvalue weighted by Gasteiger charge is 2.16. The van der Waals surface area contributed by atoms with Gasteiger partial charge in [-0.2, -0.15) is 0 Å². The summed E-state index contributed by atoms with van der Waals surface area (Å²) >= 11 is 6.19. The molecular weight excluding hydrogens is 210 g/mol. The van der Waals surface area contributed by atoms with E-state index in [9.17, 15) is 5.11 Å². The van der Waals surface area contributed by atoms with Gasteiger partial charge >= 0.3 is 0 Å². The van der Waals surface area contributed by atoms with Gasteiger partial charge in [0.2, 0.25) is 0 Å². The van der Waals surface area contributed by atoms with E-state index in [0.717, 1.165) is 16.5 Å². The lowest BCUT2D eigenvalue weighted by Crippen LogP contribution is -1.91. The summed E-state index contributed by atoms with van der Waals surface area (Å²) < 4.78 is 1.90. The Bertz CT molecular complexity index is 514. The number of benzene rings is 1. The highest BCUT2D eigenvalue weighted by molar-refractivity contribution is 6.32. The van der Waals surface area contributed by atoms with Gasteiger partial charge in [0.15, 0.2) is 0 Å². The Kier molecular flexibility index (Phi) is 2.49. The van der Waals surface area contributed by atoms with Crippen molar-refractivity contribution >= 4 is 22.5 Å². The van der Waals surface area contributed by atoms with Gasteiger partial charge < -0.3 is 9.67 Å². The monoisotopic (exact) mass is 223 g/mol. The number of halogens is 1. The Hall–Kier alpha value is -0.990. The van der Waals surface area contributed by atoms with E-state index in [1.165, 1.54) is 5.56 Å². The van der Waals surface area contributed by atoms with Crippen LogP contribution in [0, 0.1) is 6.92 Å². The number of rotatable bonds is 1. The second kappa shape index (κ2) is 3.54. The maximum Gasteiger partial charge on any atom is 0.115 e. The standard InChI is InChI=1S/C12H14ClNO/c1-7-4-5-10-9(6-7)11(8(2)15)12(13)14(10)3/h4-6,8,15H,1-3H3. The van der Waals surface area contributed by atoms with E-state index in [-0.39, 0.29) is 0 Å². The van der Waals surface area contributed by atoms with Crippen molar-refractivity contribution in [3.05, 3.63) is 34.5 Å². The summed E-state index contributed by atoms with van der Waals surface area (Å²) in [6, 6.07) is 6.14. The van der Waals surface area contributed by atoms with Crippen molar-refractivity contribution in [1.82, 2.24) is 4.57 Å². The fourth-order valence-electron chi connectivity index (χ4n) is 1.95. The molecular formula is C12H14ClNO. The molecule has 2 nitrogen and oxygen atoms in total. The Morgan fingerprint density at radius 1 is 1.40 bits per heavy atom. The minimum atomic E-state index is -0.539. The summed E-state index contributed by atoms with van der Waals surface area (Å²) in [6.45, 7) is 3.77. The summed E-state index contributed by atoms with van der Waals surface area (Å²) in [6.07, 6.45) is -0.539. The third-order valence-corrected chi connectivity index (χ3v) is 3.20. The fraction of sp³-hybridized carbons (Fsp3) is 0.333. The quantitative estimate of drug-likeness (QED) is 0.789. The molecule has 2 rings (SSSR count). The van der Waals surface area contributed by atoms with Crippen LogP contribution in [0.5, 0.6) is 0 Å². The molecule has 0 radical (unpaired) electrons. The van der Waals surface area contributed by atoms with Gasteiger partial charge in [-0.25, -0.2) is 0 Å². The van der Waals surface area contributed by atoms with E-state index >= 15 is 0 Å². The number of aliphatic hydroxyl groups excluding tert-OH is 1. The zero-order chi connectivity index (χ0) is 11.2. The van der Waals surface area contributed by atoms with Crippen LogP contribution in [0.25, 0.3) is 10.9 Å². The van der Waals surface area contributed by atoms with Crippen LogP contribution in [0.3, 0.4) is 0 Å². The summed E-state index contributed by atoms with van der Waals surface area (Å²) in [7, 11) is 1.91. The molecule has 0 saturated heterocycles. The van der Waals surface area contributed by atoms with Gasteiger partial charge in [0.25, 0.3) is 0 Å². The van der Waals surface area contributed by atoms with Crippen molar-refractivity contribution < 1.29 is 5.11 Å². The normalized spacial score (nSPS) is 13.4. The average molecular weight is 224 g/mol. The second-order valence-electron chi connectivity index (χ2n) is 3.96. The smallest absolute Gasteiger partial charge is 0.115 e. The third-order valence-electron chi connectivity index (χ3n) is 2.74. The Morgan fingerprint density at radius 3 is 2.67 bits per heavy atom. The van der Waals surface area contributed by atoms with Crippen molar-refractivity contribution in [3.63, 3.8) is 0 Å². The topological polar surface area (TPSA) is 25.2 Å². The molecule has 15 heavy (non-hydrogen) atoms. The molecule has 1 atom stereocenters. The largest absolute Gasteiger partial charge is 0.389 e. The summed E-state index contributed by atoms with van der Waals surface area (Å²) in [5, 5.41) is 11.4. The molecule has 0 aliphatic heterocycles. The van der Waals surface area contributed by atoms with Gasteiger partial charge in [-0.15, -0.1) is 0 Å². The fourth-order valence-corrected chi connectivity index (χ4v) is 2.30. The molecule has 0 saturated carbocycles. The van der Waals surface area contributed by atoms with Crippen molar-refractivity contribution in [2.45, 2.75) is 20.0 Å². The zero-order valence-electron chi connectivity index (χ0n) is 9.08. The first kappa shape index (κ1) is 10.5. The molecule has 1 unspecified atom stereocenters. The molecule has 1 heterocycles. The van der Waals surface area contributed by atoms with Crippen molar-refractivity contribution in [1.29, 1.82) is 0 Å². The predicted molar refractivity (Wildman–Crippen MR) is 63.3 cm³/mol. The van der Waals surface area contributed by atoms with Crippen molar-refractivity contribution in [3.8, 4) is 0 Å². The Balaban J connectivity index is 2.88. The molecule has 0 spiro atoms. The number of hydrogen-bond acceptors (Lipinski definition) is 1. The highest BCUT2D eigenvalue weighted by atomic mass is 35.5. The first-order chi connectivity index (χ1) is 7.02. The van der Waals surface area contributed by atoms with E-state index < -0.39 is 6.10 Å². The molecule has 0 aliphatic carbocycles. The SMILES string of the molecule is Cc1ccc2c(c1)c(C(C)O)c(Cl)n2C. The lowest BCUT2D eigenvalue weighted by Gasteiger charge is -2.03. The van der Waals surface area contributed by atoms with Crippen molar-refractivity contribution in [2.24, 2.45) is 7.05 Å². The number of nitrogens with zero attached hydrogens (tertiary/aromatic N) is 1. The molecule has 3 heteroatoms. The van der Waals surface area contributed by atoms with Crippen LogP contribution in [-0.2, 0) is 7.05 Å². The summed E-state index contributed by atoms with van der Waals surface area (Å²) in [4.78, 5) is 0. The van der Waals surface area contributed by atoms with Crippen molar-refractivity contribution in [2.75, 3.05) is 0 Å². The van der Waals surface area contributed by atoms with Gasteiger partial charge in [0.05, 0.1) is 6.10 Å². The van der Waals surface area contributed by atoms with Crippen LogP contribution < -0.4 is 0 Å². The van der Waals surface area contributed by atoms with Crippen LogP contribution in [0.4, 0.5) is 0 Å². The number of hydrogen-bond donors (Lipinski definition) is 1. The maximum absolute atomic E-state index is 9.71. The molecule has 1 aromatic heterocycles. The predicted octanol–water partition coefficient (Wildman–Crippen LogP) is 3.19. The van der Waals surface area contributed by atoms with E-state index in [1.807, 2.05) is 30.7 Å². The first-order valence-corrected chi connectivity index (χ1v) is 5.32. The van der Waals surface area contributed by atoms with Crippen LogP contribution in [-0.4, -0.2) is 9.67 Å². The van der Waals surface area contributed by atoms with Gasteiger partial charge in [0.1, 0.15) is 5.15 Å². The maximum atomic E-state index is 9.71. The average Bonchev–Trinajstić information content (AvgIpc) is 2.39. The van der Waals surface area contributed by atoms with Crippen LogP contribution in [0.2, 0.25) is 5.15 Å². The summed E-state index contributed by atoms with van der Waals surface area (Å²) in [5.41, 5.74) is 3.05. The number of aromatic nitrogens is 1. The van der Waals surface area contributed by atoms with Gasteiger partial charge in [-0.05, 0) is 26.0 Å². The van der Waals surface area contributed by atoms with Gasteiger partial charge in [0, 0.05) is 23.5 Å². The second-order valence-corrected chi connectivity index (χ2v) is 4.32. The lowest BCUT2D eigenvalue weighted by molar-refractivity contribution is 0.201. The first-order valence-electron chi connectivity index (χ1n) is 4.95. The molecule has 1 aromatic carbocycles. The van der Waals surface area contributed by atoms with E-state index in [0.29, 0.717) is 5.15 Å². The molecule has 1 N–H and O–H groups in total.